The zero-order valence-electron chi connectivity index (χ0n) is 12.1. The van der Waals surface area contributed by atoms with Crippen molar-refractivity contribution in [2.75, 3.05) is 27.3 Å². The van der Waals surface area contributed by atoms with E-state index in [1.165, 1.54) is 0 Å². The van der Waals surface area contributed by atoms with Crippen molar-refractivity contribution in [1.29, 1.82) is 0 Å². The summed E-state index contributed by atoms with van der Waals surface area (Å²) in [6.45, 7) is 2.43. The van der Waals surface area contributed by atoms with Gasteiger partial charge in [-0.25, -0.2) is 0 Å². The van der Waals surface area contributed by atoms with Crippen molar-refractivity contribution >= 4 is 11.6 Å². The van der Waals surface area contributed by atoms with Crippen molar-refractivity contribution in [2.24, 2.45) is 5.73 Å². The van der Waals surface area contributed by atoms with Crippen molar-refractivity contribution in [3.05, 3.63) is 28.8 Å². The molecule has 1 aliphatic heterocycles. The van der Waals surface area contributed by atoms with E-state index in [0.717, 1.165) is 42.3 Å². The Labute approximate surface area is 125 Å². The van der Waals surface area contributed by atoms with Gasteiger partial charge in [0.2, 0.25) is 0 Å². The predicted octanol–water partition coefficient (Wildman–Crippen LogP) is 2.29. The van der Waals surface area contributed by atoms with E-state index in [2.05, 4.69) is 4.90 Å². The third-order valence-corrected chi connectivity index (χ3v) is 4.25. The first kappa shape index (κ1) is 15.6. The summed E-state index contributed by atoms with van der Waals surface area (Å²) in [4.78, 5) is 2.39. The monoisotopic (exact) mass is 298 g/mol. The van der Waals surface area contributed by atoms with E-state index in [9.17, 15) is 0 Å². The first-order valence-electron chi connectivity index (χ1n) is 6.97. The van der Waals surface area contributed by atoms with Crippen LogP contribution in [0.2, 0.25) is 5.02 Å². The normalized spacial score (nSPS) is 23.8. The van der Waals surface area contributed by atoms with Crippen LogP contribution in [0.5, 0.6) is 5.75 Å². The third-order valence-electron chi connectivity index (χ3n) is 4.01. The number of nitrogens with zero attached hydrogens (tertiary/aromatic N) is 1. The molecule has 1 aromatic carbocycles. The van der Waals surface area contributed by atoms with Crippen molar-refractivity contribution in [2.45, 2.75) is 31.5 Å². The summed E-state index contributed by atoms with van der Waals surface area (Å²) in [5.41, 5.74) is 7.02. The number of methoxy groups -OCH3 is 2. The molecule has 20 heavy (non-hydrogen) atoms. The SMILES string of the molecule is COc1ccc(Cl)cc1CN1CCC(OC)CC1CN. The highest BCUT2D eigenvalue weighted by Gasteiger charge is 2.28. The summed E-state index contributed by atoms with van der Waals surface area (Å²) < 4.78 is 10.9. The van der Waals surface area contributed by atoms with Gasteiger partial charge in [0, 0.05) is 43.4 Å². The number of hydrogen-bond donors (Lipinski definition) is 1. The van der Waals surface area contributed by atoms with E-state index in [4.69, 9.17) is 26.8 Å². The Morgan fingerprint density at radius 2 is 2.20 bits per heavy atom. The van der Waals surface area contributed by atoms with Crippen LogP contribution in [0, 0.1) is 0 Å². The molecule has 112 valence electrons. The van der Waals surface area contributed by atoms with Gasteiger partial charge in [-0.3, -0.25) is 4.90 Å². The van der Waals surface area contributed by atoms with Crippen LogP contribution in [0.4, 0.5) is 0 Å². The topological polar surface area (TPSA) is 47.7 Å². The lowest BCUT2D eigenvalue weighted by molar-refractivity contribution is 0.01000. The molecule has 2 N–H and O–H groups in total. The zero-order chi connectivity index (χ0) is 14.5. The number of ether oxygens (including phenoxy) is 2. The highest BCUT2D eigenvalue weighted by molar-refractivity contribution is 6.30. The maximum absolute atomic E-state index is 6.09. The van der Waals surface area contributed by atoms with E-state index < -0.39 is 0 Å². The summed E-state index contributed by atoms with van der Waals surface area (Å²) in [6, 6.07) is 6.08. The second-order valence-corrected chi connectivity index (χ2v) is 5.63. The standard InChI is InChI=1S/C15H23ClN2O2/c1-19-14-5-6-18(13(8-14)9-17)10-11-7-12(16)3-4-15(11)20-2/h3-4,7,13-14H,5-6,8-10,17H2,1-2H3. The van der Waals surface area contributed by atoms with Crippen molar-refractivity contribution in [1.82, 2.24) is 4.90 Å². The second-order valence-electron chi connectivity index (χ2n) is 5.20. The van der Waals surface area contributed by atoms with Crippen molar-refractivity contribution < 1.29 is 9.47 Å². The van der Waals surface area contributed by atoms with Gasteiger partial charge in [-0.2, -0.15) is 0 Å². The Morgan fingerprint density at radius 3 is 2.85 bits per heavy atom. The molecular formula is C15H23ClN2O2. The molecule has 1 aromatic rings. The Kier molecular flexibility index (Phi) is 5.66. The molecular weight excluding hydrogens is 276 g/mol. The largest absolute Gasteiger partial charge is 0.496 e. The van der Waals surface area contributed by atoms with Gasteiger partial charge in [0.1, 0.15) is 5.75 Å². The third kappa shape index (κ3) is 3.64. The first-order chi connectivity index (χ1) is 9.67. The molecule has 5 heteroatoms. The van der Waals surface area contributed by atoms with Crippen LogP contribution in [-0.2, 0) is 11.3 Å². The molecule has 1 aliphatic rings. The summed E-state index contributed by atoms with van der Waals surface area (Å²) in [5, 5.41) is 0.733. The lowest BCUT2D eigenvalue weighted by Gasteiger charge is -2.38. The molecule has 0 aromatic heterocycles. The number of piperidine rings is 1. The molecule has 2 unspecified atom stereocenters. The minimum absolute atomic E-state index is 0.320. The summed E-state index contributed by atoms with van der Waals surface area (Å²) in [5.74, 6) is 0.874. The van der Waals surface area contributed by atoms with Gasteiger partial charge in [-0.15, -0.1) is 0 Å². The summed E-state index contributed by atoms with van der Waals surface area (Å²) in [7, 11) is 3.46. The van der Waals surface area contributed by atoms with Gasteiger partial charge >= 0.3 is 0 Å². The van der Waals surface area contributed by atoms with E-state index in [0.29, 0.717) is 18.7 Å². The number of halogens is 1. The number of likely N-dealkylation sites (tertiary alicyclic amines) is 1. The number of rotatable bonds is 5. The average Bonchev–Trinajstić information content (AvgIpc) is 2.48. The van der Waals surface area contributed by atoms with Gasteiger partial charge in [0.05, 0.1) is 13.2 Å². The fourth-order valence-corrected chi connectivity index (χ4v) is 3.01. The summed E-state index contributed by atoms with van der Waals surface area (Å²) in [6.07, 6.45) is 2.34. The number of benzene rings is 1. The molecule has 2 atom stereocenters. The molecule has 0 saturated carbocycles. The molecule has 1 fully saturated rings. The van der Waals surface area contributed by atoms with Crippen molar-refractivity contribution in [3.63, 3.8) is 0 Å². The molecule has 0 amide bonds. The smallest absolute Gasteiger partial charge is 0.123 e. The second kappa shape index (κ2) is 7.27. The van der Waals surface area contributed by atoms with Gasteiger partial charge < -0.3 is 15.2 Å². The molecule has 0 spiro atoms. The van der Waals surface area contributed by atoms with Crippen LogP contribution >= 0.6 is 11.6 Å². The molecule has 1 saturated heterocycles. The predicted molar refractivity (Wildman–Crippen MR) is 81.3 cm³/mol. The van der Waals surface area contributed by atoms with Gasteiger partial charge in [0.25, 0.3) is 0 Å². The van der Waals surface area contributed by atoms with Crippen LogP contribution < -0.4 is 10.5 Å². The average molecular weight is 299 g/mol. The Balaban J connectivity index is 2.10. The Bertz CT molecular complexity index is 442. The molecule has 1 heterocycles. The van der Waals surface area contributed by atoms with Gasteiger partial charge in [0.15, 0.2) is 0 Å². The van der Waals surface area contributed by atoms with E-state index in [-0.39, 0.29) is 0 Å². The highest BCUT2D eigenvalue weighted by atomic mass is 35.5. The highest BCUT2D eigenvalue weighted by Crippen LogP contribution is 2.27. The van der Waals surface area contributed by atoms with Crippen LogP contribution in [-0.4, -0.2) is 44.4 Å². The molecule has 0 aliphatic carbocycles. The molecule has 2 rings (SSSR count). The fraction of sp³-hybridized carbons (Fsp3) is 0.600. The number of nitrogens with two attached hydrogens (primary N) is 1. The van der Waals surface area contributed by atoms with E-state index >= 15 is 0 Å². The summed E-state index contributed by atoms with van der Waals surface area (Å²) >= 11 is 6.09. The van der Waals surface area contributed by atoms with Gasteiger partial charge in [-0.1, -0.05) is 11.6 Å². The Hall–Kier alpha value is -0.810. The minimum atomic E-state index is 0.320. The maximum atomic E-state index is 6.09. The lowest BCUT2D eigenvalue weighted by atomic mass is 9.98. The number of hydrogen-bond acceptors (Lipinski definition) is 4. The van der Waals surface area contributed by atoms with E-state index in [1.54, 1.807) is 14.2 Å². The maximum Gasteiger partial charge on any atom is 0.123 e. The van der Waals surface area contributed by atoms with Crippen LogP contribution in [0.1, 0.15) is 18.4 Å². The van der Waals surface area contributed by atoms with Crippen LogP contribution in [0.25, 0.3) is 0 Å². The van der Waals surface area contributed by atoms with Gasteiger partial charge in [-0.05, 0) is 31.0 Å². The minimum Gasteiger partial charge on any atom is -0.496 e. The van der Waals surface area contributed by atoms with Crippen LogP contribution in [0.15, 0.2) is 18.2 Å². The molecule has 0 bridgehead atoms. The van der Waals surface area contributed by atoms with Crippen molar-refractivity contribution in [3.8, 4) is 5.75 Å². The van der Waals surface area contributed by atoms with E-state index in [1.807, 2.05) is 18.2 Å². The fourth-order valence-electron chi connectivity index (χ4n) is 2.82. The Morgan fingerprint density at radius 1 is 1.40 bits per heavy atom. The first-order valence-corrected chi connectivity index (χ1v) is 7.35. The quantitative estimate of drug-likeness (QED) is 0.906. The zero-order valence-corrected chi connectivity index (χ0v) is 12.9. The molecule has 0 radical (unpaired) electrons. The van der Waals surface area contributed by atoms with Crippen LogP contribution in [0.3, 0.4) is 0 Å². The molecule has 4 nitrogen and oxygen atoms in total. The lowest BCUT2D eigenvalue weighted by Crippen LogP contribution is -2.48.